The molecule has 3 rings (SSSR count). The van der Waals surface area contributed by atoms with E-state index in [2.05, 4.69) is 0 Å². The number of hydrogen-bond donors (Lipinski definition) is 1. The Morgan fingerprint density at radius 1 is 0.739 bits per heavy atom. The molecule has 0 atom stereocenters. The van der Waals surface area contributed by atoms with Gasteiger partial charge in [0.1, 0.15) is 11.3 Å². The van der Waals surface area contributed by atoms with E-state index in [0.29, 0.717) is 0 Å². The molecule has 23 heavy (non-hydrogen) atoms. The van der Waals surface area contributed by atoms with Crippen LogP contribution in [0.3, 0.4) is 0 Å². The van der Waals surface area contributed by atoms with E-state index in [-0.39, 0.29) is 11.3 Å². The summed E-state index contributed by atoms with van der Waals surface area (Å²) in [7, 11) is 0. The molecule has 3 heteroatoms. The number of para-hydroxylation sites is 1. The number of benzene rings is 3. The first-order valence-electron chi connectivity index (χ1n) is 7.34. The number of phenols is 1. The summed E-state index contributed by atoms with van der Waals surface area (Å²) >= 11 is 0. The fourth-order valence-electron chi connectivity index (χ4n) is 2.40. The Bertz CT molecular complexity index is 743. The molecule has 114 valence electrons. The second kappa shape index (κ2) is 6.79. The fourth-order valence-corrected chi connectivity index (χ4v) is 2.40. The summed E-state index contributed by atoms with van der Waals surface area (Å²) in [6, 6.07) is 25.5. The molecule has 0 amide bonds. The van der Waals surface area contributed by atoms with E-state index in [1.165, 1.54) is 6.07 Å². The Balaban J connectivity index is 1.94. The van der Waals surface area contributed by atoms with Crippen LogP contribution in [0.15, 0.2) is 84.9 Å². The monoisotopic (exact) mass is 304 g/mol. The number of carbonyl (C=O) groups is 1. The fraction of sp³-hybridized carbons (Fsp3) is 0.0500. The zero-order valence-electron chi connectivity index (χ0n) is 12.4. The number of hydrogen-bond acceptors (Lipinski definition) is 3. The summed E-state index contributed by atoms with van der Waals surface area (Å²) < 4.78 is 5.69. The van der Waals surface area contributed by atoms with Crippen molar-refractivity contribution in [3.05, 3.63) is 102 Å². The highest BCUT2D eigenvalue weighted by Crippen LogP contribution is 2.28. The summed E-state index contributed by atoms with van der Waals surface area (Å²) in [5.74, 6) is -0.641. The molecule has 3 nitrogen and oxygen atoms in total. The first kappa shape index (κ1) is 14.9. The molecular formula is C20H16O3. The maximum absolute atomic E-state index is 12.4. The number of esters is 1. The Morgan fingerprint density at radius 2 is 1.22 bits per heavy atom. The van der Waals surface area contributed by atoms with Gasteiger partial charge in [0.15, 0.2) is 6.10 Å². The molecule has 0 heterocycles. The van der Waals surface area contributed by atoms with E-state index in [4.69, 9.17) is 4.74 Å². The molecule has 3 aromatic carbocycles. The zero-order chi connectivity index (χ0) is 16.1. The van der Waals surface area contributed by atoms with Gasteiger partial charge in [-0.3, -0.25) is 0 Å². The molecule has 0 bridgehead atoms. The number of ether oxygens (including phenoxy) is 1. The maximum atomic E-state index is 12.4. The van der Waals surface area contributed by atoms with Gasteiger partial charge in [0.2, 0.25) is 0 Å². The van der Waals surface area contributed by atoms with Crippen LogP contribution in [-0.2, 0) is 4.74 Å². The van der Waals surface area contributed by atoms with Crippen LogP contribution in [-0.4, -0.2) is 11.1 Å². The third-order valence-corrected chi connectivity index (χ3v) is 3.55. The highest BCUT2D eigenvalue weighted by atomic mass is 16.5. The van der Waals surface area contributed by atoms with E-state index in [1.54, 1.807) is 18.2 Å². The number of carbonyl (C=O) groups excluding carboxylic acids is 1. The Labute approximate surface area is 134 Å². The van der Waals surface area contributed by atoms with Crippen molar-refractivity contribution in [3.63, 3.8) is 0 Å². The van der Waals surface area contributed by atoms with Gasteiger partial charge in [0.25, 0.3) is 0 Å². The number of rotatable bonds is 4. The first-order valence-corrected chi connectivity index (χ1v) is 7.34. The molecule has 0 saturated heterocycles. The minimum Gasteiger partial charge on any atom is -0.507 e. The molecule has 0 spiro atoms. The van der Waals surface area contributed by atoms with Crippen LogP contribution in [0.5, 0.6) is 5.75 Å². The highest BCUT2D eigenvalue weighted by molar-refractivity contribution is 5.92. The van der Waals surface area contributed by atoms with Crippen LogP contribution in [0, 0.1) is 0 Å². The van der Waals surface area contributed by atoms with Gasteiger partial charge in [-0.2, -0.15) is 0 Å². The van der Waals surface area contributed by atoms with Crippen LogP contribution in [0.1, 0.15) is 27.6 Å². The van der Waals surface area contributed by atoms with Crippen LogP contribution < -0.4 is 0 Å². The normalized spacial score (nSPS) is 10.5. The zero-order valence-corrected chi connectivity index (χ0v) is 12.4. The molecule has 0 aromatic heterocycles. The highest BCUT2D eigenvalue weighted by Gasteiger charge is 2.21. The average Bonchev–Trinajstić information content (AvgIpc) is 2.61. The smallest absolute Gasteiger partial charge is 0.342 e. The minimum absolute atomic E-state index is 0.0858. The molecular weight excluding hydrogens is 288 g/mol. The van der Waals surface area contributed by atoms with Gasteiger partial charge >= 0.3 is 5.97 Å². The summed E-state index contributed by atoms with van der Waals surface area (Å²) in [5, 5.41) is 9.83. The van der Waals surface area contributed by atoms with Crippen molar-refractivity contribution in [2.24, 2.45) is 0 Å². The first-order chi connectivity index (χ1) is 11.3. The second-order valence-electron chi connectivity index (χ2n) is 5.12. The van der Waals surface area contributed by atoms with Gasteiger partial charge in [-0.1, -0.05) is 72.8 Å². The van der Waals surface area contributed by atoms with Gasteiger partial charge in [0, 0.05) is 0 Å². The van der Waals surface area contributed by atoms with E-state index in [9.17, 15) is 9.90 Å². The molecule has 1 N–H and O–H groups in total. The molecule has 0 fully saturated rings. The topological polar surface area (TPSA) is 46.5 Å². The Morgan fingerprint density at radius 3 is 1.74 bits per heavy atom. The average molecular weight is 304 g/mol. The third-order valence-electron chi connectivity index (χ3n) is 3.55. The number of aromatic hydroxyl groups is 1. The van der Waals surface area contributed by atoms with Gasteiger partial charge in [-0.05, 0) is 23.3 Å². The van der Waals surface area contributed by atoms with Crippen molar-refractivity contribution < 1.29 is 14.6 Å². The predicted octanol–water partition coefficient (Wildman–Crippen LogP) is 4.34. The quantitative estimate of drug-likeness (QED) is 0.729. The van der Waals surface area contributed by atoms with Crippen molar-refractivity contribution in [2.45, 2.75) is 6.10 Å². The van der Waals surface area contributed by atoms with Crippen molar-refractivity contribution in [1.82, 2.24) is 0 Å². The number of phenolic OH excluding ortho intramolecular Hbond substituents is 1. The van der Waals surface area contributed by atoms with E-state index >= 15 is 0 Å². The predicted molar refractivity (Wildman–Crippen MR) is 88.2 cm³/mol. The van der Waals surface area contributed by atoms with Crippen molar-refractivity contribution >= 4 is 5.97 Å². The molecule has 0 saturated carbocycles. The summed E-state index contributed by atoms with van der Waals surface area (Å²) in [4.78, 5) is 12.4. The Kier molecular flexibility index (Phi) is 4.39. The second-order valence-corrected chi connectivity index (χ2v) is 5.12. The molecule has 0 aliphatic carbocycles. The molecule has 3 aromatic rings. The lowest BCUT2D eigenvalue weighted by Gasteiger charge is -2.19. The van der Waals surface area contributed by atoms with Gasteiger partial charge in [-0.25, -0.2) is 4.79 Å². The van der Waals surface area contributed by atoms with E-state index in [1.807, 2.05) is 60.7 Å². The van der Waals surface area contributed by atoms with Crippen LogP contribution in [0.25, 0.3) is 0 Å². The van der Waals surface area contributed by atoms with Crippen LogP contribution in [0.2, 0.25) is 0 Å². The maximum Gasteiger partial charge on any atom is 0.342 e. The van der Waals surface area contributed by atoms with Crippen LogP contribution in [0.4, 0.5) is 0 Å². The SMILES string of the molecule is O=C(OC(c1ccccc1)c1ccccc1)c1ccccc1O. The molecule has 0 aliphatic rings. The standard InChI is InChI=1S/C20H16O3/c21-18-14-8-7-13-17(18)20(22)23-19(15-9-3-1-4-10-15)16-11-5-2-6-12-16/h1-14,19,21H. The lowest BCUT2D eigenvalue weighted by Crippen LogP contribution is -2.13. The largest absolute Gasteiger partial charge is 0.507 e. The van der Waals surface area contributed by atoms with E-state index in [0.717, 1.165) is 11.1 Å². The Hall–Kier alpha value is -3.07. The van der Waals surface area contributed by atoms with Gasteiger partial charge < -0.3 is 9.84 Å². The van der Waals surface area contributed by atoms with Gasteiger partial charge in [0.05, 0.1) is 0 Å². The van der Waals surface area contributed by atoms with E-state index < -0.39 is 12.1 Å². The summed E-state index contributed by atoms with van der Waals surface area (Å²) in [6.45, 7) is 0. The summed E-state index contributed by atoms with van der Waals surface area (Å²) in [6.07, 6.45) is -0.524. The molecule has 0 radical (unpaired) electrons. The lowest BCUT2D eigenvalue weighted by molar-refractivity contribution is 0.0375. The van der Waals surface area contributed by atoms with Crippen molar-refractivity contribution in [3.8, 4) is 5.75 Å². The minimum atomic E-state index is -0.555. The van der Waals surface area contributed by atoms with Crippen molar-refractivity contribution in [2.75, 3.05) is 0 Å². The molecule has 0 aliphatic heterocycles. The van der Waals surface area contributed by atoms with Gasteiger partial charge in [-0.15, -0.1) is 0 Å². The third kappa shape index (κ3) is 3.40. The van der Waals surface area contributed by atoms with Crippen LogP contribution >= 0.6 is 0 Å². The van der Waals surface area contributed by atoms with Crippen molar-refractivity contribution in [1.29, 1.82) is 0 Å². The lowest BCUT2D eigenvalue weighted by atomic mass is 10.0. The molecule has 0 unspecified atom stereocenters. The summed E-state index contributed by atoms with van der Waals surface area (Å²) in [5.41, 5.74) is 1.91.